The van der Waals surface area contributed by atoms with Gasteiger partial charge >= 0.3 is 11.9 Å². The van der Waals surface area contributed by atoms with E-state index in [0.717, 1.165) is 0 Å². The lowest BCUT2D eigenvalue weighted by Crippen LogP contribution is -2.05. The molecule has 14 heavy (non-hydrogen) atoms. The molecule has 0 unspecified atom stereocenters. The van der Waals surface area contributed by atoms with Gasteiger partial charge in [-0.15, -0.1) is 0 Å². The summed E-state index contributed by atoms with van der Waals surface area (Å²) in [5.41, 5.74) is 0.547. The fraction of sp³-hybridized carbons (Fsp3) is 0.200. The van der Waals surface area contributed by atoms with Crippen LogP contribution in [0.4, 0.5) is 0 Å². The summed E-state index contributed by atoms with van der Waals surface area (Å²) in [5, 5.41) is 0. The smallest absolute Gasteiger partial charge is 0.337 e. The van der Waals surface area contributed by atoms with E-state index in [9.17, 15) is 9.59 Å². The molecule has 0 saturated carbocycles. The number of rotatable bonds is 2. The first kappa shape index (κ1) is 10.2. The molecule has 1 rings (SSSR count). The van der Waals surface area contributed by atoms with Crippen LogP contribution in [-0.4, -0.2) is 26.2 Å². The Balaban J connectivity index is 3.01. The van der Waals surface area contributed by atoms with Crippen molar-refractivity contribution in [2.45, 2.75) is 0 Å². The molecule has 0 aromatic heterocycles. The standard InChI is InChI=1S/C10H9O4/c1-13-9(11)7-4-3-5-8(6-7)10(12)14-2/h4-6H,1-2H3. The summed E-state index contributed by atoms with van der Waals surface area (Å²) in [6.07, 6.45) is 0. The largest absolute Gasteiger partial charge is 0.465 e. The zero-order valence-corrected chi connectivity index (χ0v) is 7.87. The molecule has 0 atom stereocenters. The van der Waals surface area contributed by atoms with Crippen LogP contribution in [-0.2, 0) is 9.47 Å². The van der Waals surface area contributed by atoms with Crippen LogP contribution in [0.5, 0.6) is 0 Å². The summed E-state index contributed by atoms with van der Waals surface area (Å²) in [6.45, 7) is 0. The predicted octanol–water partition coefficient (Wildman–Crippen LogP) is 1.06. The Labute approximate surface area is 81.4 Å². The number of benzene rings is 1. The van der Waals surface area contributed by atoms with Crippen molar-refractivity contribution < 1.29 is 19.1 Å². The topological polar surface area (TPSA) is 52.6 Å². The third-order valence-electron chi connectivity index (χ3n) is 1.63. The summed E-state index contributed by atoms with van der Waals surface area (Å²) in [4.78, 5) is 22.2. The quantitative estimate of drug-likeness (QED) is 0.659. The summed E-state index contributed by atoms with van der Waals surface area (Å²) in [6, 6.07) is 6.94. The Bertz CT molecular complexity index is 326. The molecule has 73 valence electrons. The highest BCUT2D eigenvalue weighted by Gasteiger charge is 2.10. The van der Waals surface area contributed by atoms with Gasteiger partial charge in [0, 0.05) is 0 Å². The van der Waals surface area contributed by atoms with Crippen LogP contribution in [0.25, 0.3) is 0 Å². The highest BCUT2D eigenvalue weighted by atomic mass is 16.5. The van der Waals surface area contributed by atoms with Gasteiger partial charge in [-0.3, -0.25) is 0 Å². The molecule has 0 aliphatic carbocycles. The van der Waals surface area contributed by atoms with E-state index in [1.165, 1.54) is 32.4 Å². The number of hydrogen-bond donors (Lipinski definition) is 0. The van der Waals surface area contributed by atoms with Crippen LogP contribution in [0.15, 0.2) is 18.2 Å². The van der Waals surface area contributed by atoms with E-state index in [4.69, 9.17) is 0 Å². The number of carbonyl (C=O) groups is 2. The second-order valence-corrected chi connectivity index (χ2v) is 2.49. The first-order valence-corrected chi connectivity index (χ1v) is 3.87. The Morgan fingerprint density at radius 2 is 1.50 bits per heavy atom. The van der Waals surface area contributed by atoms with E-state index in [0.29, 0.717) is 0 Å². The molecular formula is C10H9O4. The number of hydrogen-bond acceptors (Lipinski definition) is 4. The van der Waals surface area contributed by atoms with Crippen LogP contribution >= 0.6 is 0 Å². The molecule has 0 heterocycles. The summed E-state index contributed by atoms with van der Waals surface area (Å²) in [7, 11) is 2.54. The zero-order chi connectivity index (χ0) is 10.6. The van der Waals surface area contributed by atoms with E-state index in [2.05, 4.69) is 15.5 Å². The maximum Gasteiger partial charge on any atom is 0.337 e. The van der Waals surface area contributed by atoms with Gasteiger partial charge in [0.15, 0.2) is 0 Å². The minimum Gasteiger partial charge on any atom is -0.465 e. The van der Waals surface area contributed by atoms with E-state index in [-0.39, 0.29) is 11.1 Å². The fourth-order valence-electron chi connectivity index (χ4n) is 0.943. The van der Waals surface area contributed by atoms with Gasteiger partial charge in [0.25, 0.3) is 0 Å². The van der Waals surface area contributed by atoms with Gasteiger partial charge in [-0.2, -0.15) is 0 Å². The molecule has 1 radical (unpaired) electrons. The molecule has 0 fully saturated rings. The summed E-state index contributed by atoms with van der Waals surface area (Å²) in [5.74, 6) is -1.01. The normalized spacial score (nSPS) is 9.29. The second-order valence-electron chi connectivity index (χ2n) is 2.49. The van der Waals surface area contributed by atoms with Crippen molar-refractivity contribution >= 4 is 11.9 Å². The molecule has 1 aromatic rings. The molecular weight excluding hydrogens is 184 g/mol. The minimum absolute atomic E-state index is 0.274. The Hall–Kier alpha value is -1.84. The Kier molecular flexibility index (Phi) is 3.23. The maximum atomic E-state index is 11.1. The SMILES string of the molecule is COC(=O)c1c[c]cc(C(=O)OC)c1. The highest BCUT2D eigenvalue weighted by molar-refractivity contribution is 5.95. The van der Waals surface area contributed by atoms with Crippen molar-refractivity contribution in [1.29, 1.82) is 0 Å². The van der Waals surface area contributed by atoms with Gasteiger partial charge in [-0.1, -0.05) is 0 Å². The molecule has 0 spiro atoms. The lowest BCUT2D eigenvalue weighted by Gasteiger charge is -2.01. The van der Waals surface area contributed by atoms with E-state index >= 15 is 0 Å². The van der Waals surface area contributed by atoms with Gasteiger partial charge in [-0.05, 0) is 24.3 Å². The van der Waals surface area contributed by atoms with Crippen molar-refractivity contribution in [3.63, 3.8) is 0 Å². The van der Waals surface area contributed by atoms with Crippen LogP contribution in [0, 0.1) is 6.07 Å². The van der Waals surface area contributed by atoms with Gasteiger partial charge < -0.3 is 9.47 Å². The fourth-order valence-corrected chi connectivity index (χ4v) is 0.943. The second kappa shape index (κ2) is 4.41. The molecule has 0 aliphatic rings. The lowest BCUT2D eigenvalue weighted by molar-refractivity contribution is 0.0599. The van der Waals surface area contributed by atoms with Gasteiger partial charge in [0.05, 0.1) is 25.3 Å². The first-order chi connectivity index (χ1) is 6.69. The molecule has 0 amide bonds. The molecule has 0 N–H and O–H groups in total. The molecule has 4 heteroatoms. The van der Waals surface area contributed by atoms with Crippen LogP contribution in [0.2, 0.25) is 0 Å². The van der Waals surface area contributed by atoms with Crippen molar-refractivity contribution in [3.05, 3.63) is 35.4 Å². The van der Waals surface area contributed by atoms with Crippen molar-refractivity contribution in [1.82, 2.24) is 0 Å². The zero-order valence-electron chi connectivity index (χ0n) is 7.87. The van der Waals surface area contributed by atoms with Crippen molar-refractivity contribution in [2.24, 2.45) is 0 Å². The number of carbonyl (C=O) groups excluding carboxylic acids is 2. The molecule has 1 aromatic carbocycles. The third-order valence-corrected chi connectivity index (χ3v) is 1.63. The van der Waals surface area contributed by atoms with Crippen LogP contribution in [0.1, 0.15) is 20.7 Å². The van der Waals surface area contributed by atoms with E-state index in [1.807, 2.05) is 0 Å². The maximum absolute atomic E-state index is 11.1. The molecule has 0 bridgehead atoms. The number of esters is 2. The summed E-state index contributed by atoms with van der Waals surface area (Å²) < 4.78 is 8.99. The van der Waals surface area contributed by atoms with Gasteiger partial charge in [-0.25, -0.2) is 9.59 Å². The first-order valence-electron chi connectivity index (χ1n) is 3.87. The predicted molar refractivity (Wildman–Crippen MR) is 48.0 cm³/mol. The third kappa shape index (κ3) is 2.10. The highest BCUT2D eigenvalue weighted by Crippen LogP contribution is 2.06. The van der Waals surface area contributed by atoms with Crippen molar-refractivity contribution in [2.75, 3.05) is 14.2 Å². The van der Waals surface area contributed by atoms with Crippen LogP contribution in [0.3, 0.4) is 0 Å². The Morgan fingerprint density at radius 3 is 1.86 bits per heavy atom. The number of methoxy groups -OCH3 is 2. The monoisotopic (exact) mass is 193 g/mol. The van der Waals surface area contributed by atoms with E-state index in [1.54, 1.807) is 0 Å². The van der Waals surface area contributed by atoms with Gasteiger partial charge in [0.1, 0.15) is 0 Å². The Morgan fingerprint density at radius 1 is 1.07 bits per heavy atom. The van der Waals surface area contributed by atoms with Crippen LogP contribution < -0.4 is 0 Å². The van der Waals surface area contributed by atoms with E-state index < -0.39 is 11.9 Å². The molecule has 4 nitrogen and oxygen atoms in total. The summed E-state index contributed by atoms with van der Waals surface area (Å²) >= 11 is 0. The van der Waals surface area contributed by atoms with Gasteiger partial charge in [0.2, 0.25) is 0 Å². The minimum atomic E-state index is -0.507. The van der Waals surface area contributed by atoms with Crippen molar-refractivity contribution in [3.8, 4) is 0 Å². The number of ether oxygens (including phenoxy) is 2. The molecule has 0 aliphatic heterocycles. The average molecular weight is 193 g/mol. The molecule has 0 saturated heterocycles. The lowest BCUT2D eigenvalue weighted by atomic mass is 10.1. The average Bonchev–Trinajstić information content (AvgIpc) is 2.27.